The summed E-state index contributed by atoms with van der Waals surface area (Å²) in [4.78, 5) is 2.51. The Morgan fingerprint density at radius 1 is 0.926 bits per heavy atom. The van der Waals surface area contributed by atoms with Gasteiger partial charge in [-0.1, -0.05) is 18.2 Å². The first-order valence-corrected chi connectivity index (χ1v) is 9.75. The van der Waals surface area contributed by atoms with E-state index >= 15 is 0 Å². The molecule has 1 aliphatic rings. The van der Waals surface area contributed by atoms with Crippen LogP contribution in [0.3, 0.4) is 0 Å². The molecule has 0 amide bonds. The Balaban J connectivity index is 2.02. The molecule has 1 saturated heterocycles. The molecular formula is C22H30N2O3. The molecule has 0 saturated carbocycles. The molecule has 5 heteroatoms. The molecule has 0 aromatic heterocycles. The highest BCUT2D eigenvalue weighted by Gasteiger charge is 2.25. The van der Waals surface area contributed by atoms with E-state index in [9.17, 15) is 0 Å². The molecule has 1 aliphatic heterocycles. The largest absolute Gasteiger partial charge is 0.497 e. The van der Waals surface area contributed by atoms with Gasteiger partial charge < -0.3 is 19.5 Å². The Morgan fingerprint density at radius 2 is 1.63 bits per heavy atom. The summed E-state index contributed by atoms with van der Waals surface area (Å²) in [6, 6.07) is 14.8. The third kappa shape index (κ3) is 4.73. The Labute approximate surface area is 162 Å². The van der Waals surface area contributed by atoms with Crippen LogP contribution >= 0.6 is 0 Å². The molecule has 0 spiro atoms. The van der Waals surface area contributed by atoms with Crippen LogP contribution in [0.25, 0.3) is 0 Å². The summed E-state index contributed by atoms with van der Waals surface area (Å²) < 4.78 is 17.1. The summed E-state index contributed by atoms with van der Waals surface area (Å²) in [6.45, 7) is 9.21. The van der Waals surface area contributed by atoms with Crippen molar-refractivity contribution in [1.82, 2.24) is 10.2 Å². The molecule has 2 aromatic carbocycles. The first-order valence-electron chi connectivity index (χ1n) is 9.75. The fraction of sp³-hybridized carbons (Fsp3) is 0.455. The van der Waals surface area contributed by atoms with Crippen molar-refractivity contribution in [2.45, 2.75) is 19.9 Å². The number of benzene rings is 2. The zero-order valence-electron chi connectivity index (χ0n) is 16.5. The van der Waals surface area contributed by atoms with Crippen LogP contribution in [0, 0.1) is 0 Å². The van der Waals surface area contributed by atoms with Crippen molar-refractivity contribution < 1.29 is 14.2 Å². The van der Waals surface area contributed by atoms with Gasteiger partial charge in [0.15, 0.2) is 11.5 Å². The minimum Gasteiger partial charge on any atom is -0.497 e. The average molecular weight is 370 g/mol. The molecule has 0 radical (unpaired) electrons. The van der Waals surface area contributed by atoms with E-state index < -0.39 is 0 Å². The normalized spacial score (nSPS) is 16.0. The number of ether oxygens (including phenoxy) is 3. The minimum atomic E-state index is 0.150. The molecule has 3 rings (SSSR count). The summed E-state index contributed by atoms with van der Waals surface area (Å²) in [5.74, 6) is 2.48. The zero-order chi connectivity index (χ0) is 19.1. The van der Waals surface area contributed by atoms with Gasteiger partial charge in [-0.2, -0.15) is 0 Å². The SMILES string of the molecule is CCOc1ccc(C(c2cccc(OC)c2)N2CCNCC2)cc1OCC. The number of nitrogens with one attached hydrogen (secondary N) is 1. The second kappa shape index (κ2) is 9.62. The van der Waals surface area contributed by atoms with Gasteiger partial charge in [0.25, 0.3) is 0 Å². The second-order valence-corrected chi connectivity index (χ2v) is 6.54. The zero-order valence-corrected chi connectivity index (χ0v) is 16.5. The number of rotatable bonds is 8. The Hall–Kier alpha value is -2.24. The summed E-state index contributed by atoms with van der Waals surface area (Å²) >= 11 is 0. The number of hydrogen-bond acceptors (Lipinski definition) is 5. The monoisotopic (exact) mass is 370 g/mol. The quantitative estimate of drug-likeness (QED) is 0.771. The van der Waals surface area contributed by atoms with Crippen LogP contribution in [-0.4, -0.2) is 51.4 Å². The maximum Gasteiger partial charge on any atom is 0.161 e. The van der Waals surface area contributed by atoms with E-state index in [0.29, 0.717) is 13.2 Å². The first kappa shape index (κ1) is 19.5. The molecule has 2 aromatic rings. The maximum absolute atomic E-state index is 5.87. The Morgan fingerprint density at radius 3 is 2.33 bits per heavy atom. The van der Waals surface area contributed by atoms with Crippen molar-refractivity contribution in [2.24, 2.45) is 0 Å². The summed E-state index contributed by atoms with van der Waals surface area (Å²) in [5, 5.41) is 3.44. The van der Waals surface area contributed by atoms with Crippen LogP contribution < -0.4 is 19.5 Å². The van der Waals surface area contributed by atoms with E-state index in [1.165, 1.54) is 11.1 Å². The number of piperazine rings is 1. The molecule has 1 unspecified atom stereocenters. The molecule has 5 nitrogen and oxygen atoms in total. The molecule has 1 heterocycles. The van der Waals surface area contributed by atoms with E-state index in [1.54, 1.807) is 7.11 Å². The summed E-state index contributed by atoms with van der Waals surface area (Å²) in [7, 11) is 1.71. The third-order valence-corrected chi connectivity index (χ3v) is 4.81. The van der Waals surface area contributed by atoms with Gasteiger partial charge in [0.2, 0.25) is 0 Å². The topological polar surface area (TPSA) is 43.0 Å². The fourth-order valence-corrected chi connectivity index (χ4v) is 3.60. The van der Waals surface area contributed by atoms with E-state index in [1.807, 2.05) is 26.0 Å². The highest BCUT2D eigenvalue weighted by Crippen LogP contribution is 2.36. The van der Waals surface area contributed by atoms with E-state index in [-0.39, 0.29) is 6.04 Å². The van der Waals surface area contributed by atoms with E-state index in [0.717, 1.165) is 43.4 Å². The van der Waals surface area contributed by atoms with Crippen LogP contribution in [0.2, 0.25) is 0 Å². The van der Waals surface area contributed by atoms with Gasteiger partial charge in [0, 0.05) is 26.2 Å². The maximum atomic E-state index is 5.87. The smallest absolute Gasteiger partial charge is 0.161 e. The molecular weight excluding hydrogens is 340 g/mol. The molecule has 0 bridgehead atoms. The Bertz CT molecular complexity index is 729. The summed E-state index contributed by atoms with van der Waals surface area (Å²) in [6.07, 6.45) is 0. The first-order chi connectivity index (χ1) is 13.3. The van der Waals surface area contributed by atoms with Crippen molar-refractivity contribution >= 4 is 0 Å². The number of methoxy groups -OCH3 is 1. The van der Waals surface area contributed by atoms with E-state index in [2.05, 4.69) is 40.5 Å². The van der Waals surface area contributed by atoms with Crippen molar-refractivity contribution in [1.29, 1.82) is 0 Å². The van der Waals surface area contributed by atoms with Crippen molar-refractivity contribution in [2.75, 3.05) is 46.5 Å². The highest BCUT2D eigenvalue weighted by atomic mass is 16.5. The second-order valence-electron chi connectivity index (χ2n) is 6.54. The number of nitrogens with zero attached hydrogens (tertiary/aromatic N) is 1. The lowest BCUT2D eigenvalue weighted by Crippen LogP contribution is -2.45. The van der Waals surface area contributed by atoms with Crippen molar-refractivity contribution in [3.63, 3.8) is 0 Å². The van der Waals surface area contributed by atoms with Gasteiger partial charge >= 0.3 is 0 Å². The van der Waals surface area contributed by atoms with Gasteiger partial charge in [-0.15, -0.1) is 0 Å². The molecule has 0 aliphatic carbocycles. The summed E-state index contributed by atoms with van der Waals surface area (Å²) in [5.41, 5.74) is 2.43. The molecule has 1 atom stereocenters. The third-order valence-electron chi connectivity index (χ3n) is 4.81. The molecule has 27 heavy (non-hydrogen) atoms. The number of hydrogen-bond donors (Lipinski definition) is 1. The fourth-order valence-electron chi connectivity index (χ4n) is 3.60. The predicted molar refractivity (Wildman–Crippen MR) is 108 cm³/mol. The van der Waals surface area contributed by atoms with Gasteiger partial charge in [-0.25, -0.2) is 0 Å². The van der Waals surface area contributed by atoms with Crippen LogP contribution in [0.1, 0.15) is 31.0 Å². The standard InChI is InChI=1S/C22H30N2O3/c1-4-26-20-10-9-18(16-21(20)27-5-2)22(24-13-11-23-12-14-24)17-7-6-8-19(15-17)25-3/h6-10,15-16,22-23H,4-5,11-14H2,1-3H3. The predicted octanol–water partition coefficient (Wildman–Crippen LogP) is 3.49. The van der Waals surface area contributed by atoms with Gasteiger partial charge in [0.05, 0.1) is 26.4 Å². The van der Waals surface area contributed by atoms with Gasteiger partial charge in [-0.3, -0.25) is 4.90 Å². The van der Waals surface area contributed by atoms with Gasteiger partial charge in [0.1, 0.15) is 5.75 Å². The average Bonchev–Trinajstić information content (AvgIpc) is 2.71. The lowest BCUT2D eigenvalue weighted by Gasteiger charge is -2.36. The lowest BCUT2D eigenvalue weighted by molar-refractivity contribution is 0.197. The van der Waals surface area contributed by atoms with E-state index in [4.69, 9.17) is 14.2 Å². The lowest BCUT2D eigenvalue weighted by atomic mass is 9.95. The van der Waals surface area contributed by atoms with Crippen molar-refractivity contribution in [3.8, 4) is 17.2 Å². The van der Waals surface area contributed by atoms with Crippen LogP contribution in [0.4, 0.5) is 0 Å². The van der Waals surface area contributed by atoms with Crippen LogP contribution in [0.5, 0.6) is 17.2 Å². The minimum absolute atomic E-state index is 0.150. The highest BCUT2D eigenvalue weighted by molar-refractivity contribution is 5.47. The van der Waals surface area contributed by atoms with Crippen molar-refractivity contribution in [3.05, 3.63) is 53.6 Å². The Kier molecular flexibility index (Phi) is 6.96. The molecule has 1 fully saturated rings. The van der Waals surface area contributed by atoms with Crippen LogP contribution in [-0.2, 0) is 0 Å². The molecule has 146 valence electrons. The van der Waals surface area contributed by atoms with Gasteiger partial charge in [-0.05, 0) is 49.2 Å². The van der Waals surface area contributed by atoms with Crippen LogP contribution in [0.15, 0.2) is 42.5 Å². The molecule has 1 N–H and O–H groups in total.